The van der Waals surface area contributed by atoms with Gasteiger partial charge in [0.15, 0.2) is 0 Å². The molecule has 0 fully saturated rings. The first kappa shape index (κ1) is 13.8. The van der Waals surface area contributed by atoms with E-state index in [4.69, 9.17) is 9.47 Å². The van der Waals surface area contributed by atoms with Gasteiger partial charge < -0.3 is 14.8 Å². The summed E-state index contributed by atoms with van der Waals surface area (Å²) in [5, 5.41) is 2.65. The van der Waals surface area contributed by atoms with Crippen molar-refractivity contribution in [3.05, 3.63) is 42.5 Å². The summed E-state index contributed by atoms with van der Waals surface area (Å²) >= 11 is 0. The maximum Gasteiger partial charge on any atom is 0.244 e. The molecule has 0 aliphatic carbocycles. The van der Waals surface area contributed by atoms with Crippen LogP contribution in [0.4, 0.5) is 0 Å². The summed E-state index contributed by atoms with van der Waals surface area (Å²) < 4.78 is 10.3. The van der Waals surface area contributed by atoms with Crippen LogP contribution in [-0.2, 0) is 4.79 Å². The molecule has 0 radical (unpaired) electrons. The van der Waals surface area contributed by atoms with Gasteiger partial charge >= 0.3 is 0 Å². The molecular weight excluding hydrogens is 230 g/mol. The van der Waals surface area contributed by atoms with Gasteiger partial charge in [0.25, 0.3) is 0 Å². The van der Waals surface area contributed by atoms with Crippen molar-refractivity contribution in [3.63, 3.8) is 0 Å². The van der Waals surface area contributed by atoms with Crippen LogP contribution in [0.2, 0.25) is 0 Å². The zero-order valence-electron chi connectivity index (χ0n) is 10.6. The minimum atomic E-state index is -0.181. The first-order chi connectivity index (χ1) is 8.71. The summed E-state index contributed by atoms with van der Waals surface area (Å²) in [6.07, 6.45) is 4.75. The molecule has 0 heterocycles. The molecule has 96 valence electrons. The van der Waals surface area contributed by atoms with E-state index >= 15 is 0 Å². The highest BCUT2D eigenvalue weighted by molar-refractivity contribution is 5.92. The predicted molar refractivity (Wildman–Crippen MR) is 71.8 cm³/mol. The van der Waals surface area contributed by atoms with E-state index in [9.17, 15) is 4.79 Å². The Labute approximate surface area is 107 Å². The third-order valence-electron chi connectivity index (χ3n) is 2.27. The predicted octanol–water partition coefficient (Wildman–Crippen LogP) is 2.02. The number of rotatable bonds is 6. The number of benzene rings is 1. The highest BCUT2D eigenvalue weighted by Crippen LogP contribution is 2.24. The van der Waals surface area contributed by atoms with Crippen LogP contribution in [0.1, 0.15) is 5.56 Å². The summed E-state index contributed by atoms with van der Waals surface area (Å²) in [5.41, 5.74) is 0.783. The lowest BCUT2D eigenvalue weighted by molar-refractivity contribution is -0.116. The van der Waals surface area contributed by atoms with Crippen molar-refractivity contribution in [2.75, 3.05) is 20.8 Å². The SMILES string of the molecule is C=CCNC(=O)/C=C/c1cc(OC)ccc1OC. The largest absolute Gasteiger partial charge is 0.497 e. The minimum absolute atomic E-state index is 0.181. The first-order valence-electron chi connectivity index (χ1n) is 5.50. The number of amides is 1. The average Bonchev–Trinajstić information content (AvgIpc) is 2.42. The highest BCUT2D eigenvalue weighted by Gasteiger charge is 2.02. The molecule has 0 unspecified atom stereocenters. The van der Waals surface area contributed by atoms with Gasteiger partial charge in [-0.2, -0.15) is 0 Å². The van der Waals surface area contributed by atoms with Gasteiger partial charge in [0.05, 0.1) is 14.2 Å². The summed E-state index contributed by atoms with van der Waals surface area (Å²) in [6.45, 7) is 3.97. The van der Waals surface area contributed by atoms with Crippen LogP contribution in [0.25, 0.3) is 6.08 Å². The van der Waals surface area contributed by atoms with Crippen LogP contribution in [-0.4, -0.2) is 26.7 Å². The molecule has 0 aliphatic heterocycles. The monoisotopic (exact) mass is 247 g/mol. The highest BCUT2D eigenvalue weighted by atomic mass is 16.5. The summed E-state index contributed by atoms with van der Waals surface area (Å²) in [5.74, 6) is 1.21. The maximum atomic E-state index is 11.4. The summed E-state index contributed by atoms with van der Waals surface area (Å²) in [6, 6.07) is 5.39. The number of carbonyl (C=O) groups excluding carboxylic acids is 1. The second kappa shape index (κ2) is 7.17. The third-order valence-corrected chi connectivity index (χ3v) is 2.27. The molecule has 0 saturated carbocycles. The topological polar surface area (TPSA) is 47.6 Å². The molecule has 1 aromatic carbocycles. The van der Waals surface area contributed by atoms with Gasteiger partial charge in [0.2, 0.25) is 5.91 Å². The number of nitrogens with one attached hydrogen (secondary N) is 1. The van der Waals surface area contributed by atoms with E-state index in [0.717, 1.165) is 5.56 Å². The lowest BCUT2D eigenvalue weighted by Gasteiger charge is -2.07. The van der Waals surface area contributed by atoms with Gasteiger partial charge in [0, 0.05) is 18.2 Å². The molecule has 1 amide bonds. The normalized spacial score (nSPS) is 10.1. The number of hydrogen-bond acceptors (Lipinski definition) is 3. The number of hydrogen-bond donors (Lipinski definition) is 1. The Kier molecular flexibility index (Phi) is 5.51. The molecule has 1 N–H and O–H groups in total. The molecule has 1 aromatic rings. The molecule has 0 spiro atoms. The van der Waals surface area contributed by atoms with E-state index in [2.05, 4.69) is 11.9 Å². The zero-order chi connectivity index (χ0) is 13.4. The molecule has 18 heavy (non-hydrogen) atoms. The Balaban J connectivity index is 2.84. The third kappa shape index (κ3) is 3.97. The van der Waals surface area contributed by atoms with Crippen molar-refractivity contribution >= 4 is 12.0 Å². The van der Waals surface area contributed by atoms with E-state index in [1.165, 1.54) is 6.08 Å². The van der Waals surface area contributed by atoms with E-state index in [1.54, 1.807) is 44.6 Å². The molecular formula is C14H17NO3. The van der Waals surface area contributed by atoms with Crippen LogP contribution < -0.4 is 14.8 Å². The van der Waals surface area contributed by atoms with Crippen LogP contribution in [0, 0.1) is 0 Å². The minimum Gasteiger partial charge on any atom is -0.497 e. The number of ether oxygens (including phenoxy) is 2. The number of methoxy groups -OCH3 is 2. The fourth-order valence-electron chi connectivity index (χ4n) is 1.37. The Bertz CT molecular complexity index is 452. The van der Waals surface area contributed by atoms with Gasteiger partial charge in [0.1, 0.15) is 11.5 Å². The Hall–Kier alpha value is -2.23. The lowest BCUT2D eigenvalue weighted by Crippen LogP contribution is -2.20. The van der Waals surface area contributed by atoms with Gasteiger partial charge in [-0.1, -0.05) is 6.08 Å². The van der Waals surface area contributed by atoms with Crippen molar-refractivity contribution in [2.45, 2.75) is 0 Å². The fourth-order valence-corrected chi connectivity index (χ4v) is 1.37. The van der Waals surface area contributed by atoms with E-state index < -0.39 is 0 Å². The Morgan fingerprint density at radius 2 is 2.17 bits per heavy atom. The molecule has 0 saturated heterocycles. The van der Waals surface area contributed by atoms with Crippen molar-refractivity contribution in [1.29, 1.82) is 0 Å². The molecule has 0 bridgehead atoms. The van der Waals surface area contributed by atoms with Crippen molar-refractivity contribution < 1.29 is 14.3 Å². The van der Waals surface area contributed by atoms with Crippen LogP contribution in [0.5, 0.6) is 11.5 Å². The Morgan fingerprint density at radius 3 is 2.78 bits per heavy atom. The standard InChI is InChI=1S/C14H17NO3/c1-4-9-15-14(16)8-5-11-10-12(17-2)6-7-13(11)18-3/h4-8,10H,1,9H2,2-3H3,(H,15,16)/b8-5+. The van der Waals surface area contributed by atoms with E-state index in [-0.39, 0.29) is 5.91 Å². The van der Waals surface area contributed by atoms with E-state index in [0.29, 0.717) is 18.0 Å². The van der Waals surface area contributed by atoms with E-state index in [1.807, 2.05) is 0 Å². The molecule has 4 heteroatoms. The van der Waals surface area contributed by atoms with Crippen molar-refractivity contribution in [1.82, 2.24) is 5.32 Å². The second-order valence-corrected chi connectivity index (χ2v) is 3.48. The average molecular weight is 247 g/mol. The number of carbonyl (C=O) groups is 1. The second-order valence-electron chi connectivity index (χ2n) is 3.48. The summed E-state index contributed by atoms with van der Waals surface area (Å²) in [4.78, 5) is 11.4. The fraction of sp³-hybridized carbons (Fsp3) is 0.214. The molecule has 0 aliphatic rings. The van der Waals surface area contributed by atoms with Gasteiger partial charge in [-0.05, 0) is 24.3 Å². The van der Waals surface area contributed by atoms with Crippen LogP contribution in [0.15, 0.2) is 36.9 Å². The molecule has 1 rings (SSSR count). The van der Waals surface area contributed by atoms with Crippen LogP contribution in [0.3, 0.4) is 0 Å². The maximum absolute atomic E-state index is 11.4. The first-order valence-corrected chi connectivity index (χ1v) is 5.50. The molecule has 0 atom stereocenters. The van der Waals surface area contributed by atoms with Gasteiger partial charge in [-0.15, -0.1) is 6.58 Å². The van der Waals surface area contributed by atoms with Crippen molar-refractivity contribution in [2.24, 2.45) is 0 Å². The summed E-state index contributed by atoms with van der Waals surface area (Å²) in [7, 11) is 3.17. The van der Waals surface area contributed by atoms with Crippen molar-refractivity contribution in [3.8, 4) is 11.5 Å². The molecule has 4 nitrogen and oxygen atoms in total. The Morgan fingerprint density at radius 1 is 1.39 bits per heavy atom. The zero-order valence-corrected chi connectivity index (χ0v) is 10.6. The van der Waals surface area contributed by atoms with Gasteiger partial charge in [-0.3, -0.25) is 4.79 Å². The quantitative estimate of drug-likeness (QED) is 0.618. The smallest absolute Gasteiger partial charge is 0.244 e. The molecule has 0 aromatic heterocycles. The van der Waals surface area contributed by atoms with Gasteiger partial charge in [-0.25, -0.2) is 0 Å². The lowest BCUT2D eigenvalue weighted by atomic mass is 10.1. The van der Waals surface area contributed by atoms with Crippen LogP contribution >= 0.6 is 0 Å².